The normalized spacial score (nSPS) is 12.0. The van der Waals surface area contributed by atoms with E-state index in [0.717, 1.165) is 27.7 Å². The van der Waals surface area contributed by atoms with Crippen molar-refractivity contribution in [2.45, 2.75) is 32.7 Å². The summed E-state index contributed by atoms with van der Waals surface area (Å²) >= 11 is 0. The van der Waals surface area contributed by atoms with Gasteiger partial charge < -0.3 is 15.2 Å². The van der Waals surface area contributed by atoms with Gasteiger partial charge in [-0.1, -0.05) is 42.5 Å². The number of amides is 2. The summed E-state index contributed by atoms with van der Waals surface area (Å²) in [5.74, 6) is -0.128. The molecule has 1 unspecified atom stereocenters. The highest BCUT2D eigenvalue weighted by Crippen LogP contribution is 2.21. The zero-order valence-electron chi connectivity index (χ0n) is 19.2. The van der Waals surface area contributed by atoms with Crippen LogP contribution in [-0.2, 0) is 13.5 Å². The summed E-state index contributed by atoms with van der Waals surface area (Å²) in [4.78, 5) is 25.6. The van der Waals surface area contributed by atoms with E-state index in [0.29, 0.717) is 25.1 Å². The van der Waals surface area contributed by atoms with Crippen LogP contribution in [0, 0.1) is 13.8 Å². The molecule has 7 heteroatoms. The maximum Gasteiger partial charge on any atom is 0.342 e. The van der Waals surface area contributed by atoms with Gasteiger partial charge in [-0.15, -0.1) is 0 Å². The van der Waals surface area contributed by atoms with E-state index in [1.807, 2.05) is 81.7 Å². The molecule has 0 fully saturated rings. The Kier molecular flexibility index (Phi) is 6.58. The standard InChI is InChI=1S/C26H29N5O2/c1-18-9-7-12-22-24(18)19(2)31(29-22)26(33)28-21(17-20-10-5-4-6-11-20)14-15-27-25(32)23-13-8-16-30(23)3/h4-13,16,21H,14-15,17H2,1-3H3,(H,27,32)(H,28,33). The molecule has 1 atom stereocenters. The summed E-state index contributed by atoms with van der Waals surface area (Å²) in [5, 5.41) is 11.6. The molecule has 0 aliphatic rings. The molecule has 0 saturated heterocycles. The van der Waals surface area contributed by atoms with Crippen LogP contribution in [-0.4, -0.2) is 38.9 Å². The smallest absolute Gasteiger partial charge is 0.342 e. The SMILES string of the molecule is Cc1cccc2nn(C(=O)NC(CCNC(=O)c3cccn3C)Cc3ccccc3)c(C)c12. The molecule has 4 rings (SSSR count). The molecule has 170 valence electrons. The lowest BCUT2D eigenvalue weighted by Gasteiger charge is -2.19. The van der Waals surface area contributed by atoms with Gasteiger partial charge in [-0.05, 0) is 56.0 Å². The fourth-order valence-corrected chi connectivity index (χ4v) is 4.20. The van der Waals surface area contributed by atoms with Crippen LogP contribution < -0.4 is 10.6 Å². The van der Waals surface area contributed by atoms with Crippen LogP contribution in [0.4, 0.5) is 4.79 Å². The van der Waals surface area contributed by atoms with Gasteiger partial charge >= 0.3 is 6.03 Å². The van der Waals surface area contributed by atoms with Crippen molar-refractivity contribution in [3.8, 4) is 0 Å². The number of carbonyl (C=O) groups excluding carboxylic acids is 2. The van der Waals surface area contributed by atoms with E-state index in [2.05, 4.69) is 15.7 Å². The third-order valence-corrected chi connectivity index (χ3v) is 5.94. The van der Waals surface area contributed by atoms with Crippen molar-refractivity contribution >= 4 is 22.8 Å². The van der Waals surface area contributed by atoms with Crippen LogP contribution in [0.2, 0.25) is 0 Å². The van der Waals surface area contributed by atoms with Gasteiger partial charge in [0.15, 0.2) is 0 Å². The Morgan fingerprint density at radius 2 is 1.79 bits per heavy atom. The van der Waals surface area contributed by atoms with Crippen molar-refractivity contribution in [1.29, 1.82) is 0 Å². The van der Waals surface area contributed by atoms with E-state index in [1.54, 1.807) is 10.6 Å². The summed E-state index contributed by atoms with van der Waals surface area (Å²) in [6.45, 7) is 4.38. The highest BCUT2D eigenvalue weighted by molar-refractivity contribution is 5.92. The van der Waals surface area contributed by atoms with Gasteiger partial charge in [-0.2, -0.15) is 9.78 Å². The highest BCUT2D eigenvalue weighted by Gasteiger charge is 2.19. The molecule has 0 aliphatic carbocycles. The molecule has 0 radical (unpaired) electrons. The Bertz CT molecular complexity index is 1270. The first-order valence-electron chi connectivity index (χ1n) is 11.1. The third kappa shape index (κ3) is 4.98. The van der Waals surface area contributed by atoms with E-state index in [-0.39, 0.29) is 18.0 Å². The van der Waals surface area contributed by atoms with E-state index >= 15 is 0 Å². The minimum atomic E-state index is -0.266. The molecule has 2 N–H and O–H groups in total. The number of aryl methyl sites for hydroxylation is 3. The largest absolute Gasteiger partial charge is 0.351 e. The average Bonchev–Trinajstić information content (AvgIpc) is 3.38. The van der Waals surface area contributed by atoms with Crippen molar-refractivity contribution in [2.75, 3.05) is 6.54 Å². The number of aromatic nitrogens is 3. The zero-order valence-corrected chi connectivity index (χ0v) is 19.2. The molecule has 2 aromatic heterocycles. The van der Waals surface area contributed by atoms with E-state index < -0.39 is 0 Å². The quantitative estimate of drug-likeness (QED) is 0.453. The molecule has 0 bridgehead atoms. The number of nitrogens with one attached hydrogen (secondary N) is 2. The van der Waals surface area contributed by atoms with Crippen molar-refractivity contribution in [3.05, 3.63) is 89.4 Å². The van der Waals surface area contributed by atoms with Crippen LogP contribution >= 0.6 is 0 Å². The molecule has 33 heavy (non-hydrogen) atoms. The molecule has 2 aromatic carbocycles. The van der Waals surface area contributed by atoms with Crippen molar-refractivity contribution in [2.24, 2.45) is 7.05 Å². The first kappa shape index (κ1) is 22.3. The zero-order chi connectivity index (χ0) is 23.4. The molecular weight excluding hydrogens is 414 g/mol. The number of hydrogen-bond acceptors (Lipinski definition) is 3. The summed E-state index contributed by atoms with van der Waals surface area (Å²) in [7, 11) is 1.84. The van der Waals surface area contributed by atoms with Crippen LogP contribution in [0.25, 0.3) is 10.9 Å². The fraction of sp³-hybridized carbons (Fsp3) is 0.269. The van der Waals surface area contributed by atoms with Crippen LogP contribution in [0.3, 0.4) is 0 Å². The highest BCUT2D eigenvalue weighted by atomic mass is 16.2. The van der Waals surface area contributed by atoms with Crippen LogP contribution in [0.5, 0.6) is 0 Å². The lowest BCUT2D eigenvalue weighted by molar-refractivity contribution is 0.0944. The van der Waals surface area contributed by atoms with Gasteiger partial charge in [-0.25, -0.2) is 4.79 Å². The minimum Gasteiger partial charge on any atom is -0.351 e. The summed E-state index contributed by atoms with van der Waals surface area (Å²) in [6, 6.07) is 19.1. The molecule has 2 amide bonds. The monoisotopic (exact) mass is 443 g/mol. The third-order valence-electron chi connectivity index (χ3n) is 5.94. The van der Waals surface area contributed by atoms with Crippen LogP contribution in [0.15, 0.2) is 66.9 Å². The summed E-state index contributed by atoms with van der Waals surface area (Å²) < 4.78 is 3.23. The Morgan fingerprint density at radius 3 is 2.48 bits per heavy atom. The number of nitrogens with zero attached hydrogens (tertiary/aromatic N) is 3. The van der Waals surface area contributed by atoms with Crippen molar-refractivity contribution in [1.82, 2.24) is 25.0 Å². The van der Waals surface area contributed by atoms with Gasteiger partial charge in [0, 0.05) is 31.2 Å². The Hall–Kier alpha value is -3.87. The van der Waals surface area contributed by atoms with E-state index in [4.69, 9.17) is 0 Å². The van der Waals surface area contributed by atoms with Crippen LogP contribution in [0.1, 0.15) is 33.7 Å². The number of fused-ring (bicyclic) bond motifs is 1. The number of carbonyl (C=O) groups is 2. The molecular formula is C26H29N5O2. The second kappa shape index (κ2) is 9.73. The first-order valence-corrected chi connectivity index (χ1v) is 11.1. The maximum atomic E-state index is 13.2. The lowest BCUT2D eigenvalue weighted by Crippen LogP contribution is -2.42. The van der Waals surface area contributed by atoms with E-state index in [1.165, 1.54) is 4.68 Å². The topological polar surface area (TPSA) is 81.0 Å². The molecule has 0 spiro atoms. The fourth-order valence-electron chi connectivity index (χ4n) is 4.20. The number of rotatable bonds is 7. The summed E-state index contributed by atoms with van der Waals surface area (Å²) in [6.07, 6.45) is 3.09. The molecule has 2 heterocycles. The second-order valence-corrected chi connectivity index (χ2v) is 8.35. The Labute approximate surface area is 193 Å². The summed E-state index contributed by atoms with van der Waals surface area (Å²) in [5.41, 5.74) is 4.43. The maximum absolute atomic E-state index is 13.2. The molecule has 0 aliphatic heterocycles. The number of hydrogen-bond donors (Lipinski definition) is 2. The molecule has 7 nitrogen and oxygen atoms in total. The predicted molar refractivity (Wildman–Crippen MR) is 129 cm³/mol. The van der Waals surface area contributed by atoms with Gasteiger partial charge in [-0.3, -0.25) is 4.79 Å². The Balaban J connectivity index is 1.48. The molecule has 0 saturated carbocycles. The minimum absolute atomic E-state index is 0.128. The van der Waals surface area contributed by atoms with Crippen molar-refractivity contribution in [3.63, 3.8) is 0 Å². The first-order chi connectivity index (χ1) is 15.9. The average molecular weight is 444 g/mol. The molecule has 4 aromatic rings. The number of benzene rings is 2. The van der Waals surface area contributed by atoms with Gasteiger partial charge in [0.05, 0.1) is 11.2 Å². The second-order valence-electron chi connectivity index (χ2n) is 8.35. The lowest BCUT2D eigenvalue weighted by atomic mass is 10.0. The van der Waals surface area contributed by atoms with Gasteiger partial charge in [0.2, 0.25) is 0 Å². The predicted octanol–water partition coefficient (Wildman–Crippen LogP) is 3.98. The van der Waals surface area contributed by atoms with Gasteiger partial charge in [0.1, 0.15) is 5.69 Å². The van der Waals surface area contributed by atoms with Gasteiger partial charge in [0.25, 0.3) is 5.91 Å². The Morgan fingerprint density at radius 1 is 1.00 bits per heavy atom. The van der Waals surface area contributed by atoms with Crippen molar-refractivity contribution < 1.29 is 9.59 Å². The van der Waals surface area contributed by atoms with E-state index in [9.17, 15) is 9.59 Å².